The third-order valence-corrected chi connectivity index (χ3v) is 3.36. The Balaban J connectivity index is 2.43. The Morgan fingerprint density at radius 3 is 2.57 bits per heavy atom. The van der Waals surface area contributed by atoms with Gasteiger partial charge in [0.15, 0.2) is 11.2 Å². The van der Waals surface area contributed by atoms with Crippen molar-refractivity contribution in [2.24, 2.45) is 7.05 Å². The number of fused-ring (bicyclic) bond motifs is 1. The standard InChI is InChI=1S/C14H24N6O/c1-14(2,3)20-9-16-11-10(12(20)21)19(6)13(17-11)15-7-8-18(4)5/h9H,7-8H2,1-6H3,(H,15,17). The average Bonchev–Trinajstić information content (AvgIpc) is 2.65. The van der Waals surface area contributed by atoms with E-state index in [1.165, 1.54) is 0 Å². The maximum absolute atomic E-state index is 12.6. The fourth-order valence-electron chi connectivity index (χ4n) is 2.12. The Bertz CT molecular complexity index is 692. The molecule has 7 heteroatoms. The first-order valence-corrected chi connectivity index (χ1v) is 7.05. The molecule has 0 saturated heterocycles. The van der Waals surface area contributed by atoms with Crippen LogP contribution >= 0.6 is 0 Å². The second-order valence-corrected chi connectivity index (χ2v) is 6.49. The Labute approximate surface area is 124 Å². The third-order valence-electron chi connectivity index (χ3n) is 3.36. The van der Waals surface area contributed by atoms with Gasteiger partial charge in [0.1, 0.15) is 6.33 Å². The minimum Gasteiger partial charge on any atom is -0.354 e. The van der Waals surface area contributed by atoms with Gasteiger partial charge in [0.25, 0.3) is 5.56 Å². The number of imidazole rings is 1. The van der Waals surface area contributed by atoms with Crippen molar-refractivity contribution in [3.8, 4) is 0 Å². The maximum atomic E-state index is 12.6. The fraction of sp³-hybridized carbons (Fsp3) is 0.643. The van der Waals surface area contributed by atoms with Crippen LogP contribution < -0.4 is 10.9 Å². The van der Waals surface area contributed by atoms with Crippen LogP contribution in [0.1, 0.15) is 20.8 Å². The molecule has 0 bridgehead atoms. The lowest BCUT2D eigenvalue weighted by Crippen LogP contribution is -2.34. The van der Waals surface area contributed by atoms with Gasteiger partial charge in [0, 0.05) is 25.7 Å². The van der Waals surface area contributed by atoms with Crippen LogP contribution in [-0.2, 0) is 12.6 Å². The van der Waals surface area contributed by atoms with Gasteiger partial charge in [-0.05, 0) is 34.9 Å². The Morgan fingerprint density at radius 1 is 1.33 bits per heavy atom. The van der Waals surface area contributed by atoms with E-state index in [4.69, 9.17) is 0 Å². The number of rotatable bonds is 4. The summed E-state index contributed by atoms with van der Waals surface area (Å²) in [6, 6.07) is 0. The summed E-state index contributed by atoms with van der Waals surface area (Å²) in [7, 11) is 5.86. The molecule has 0 fully saturated rings. The molecule has 2 aromatic heterocycles. The lowest BCUT2D eigenvalue weighted by molar-refractivity contribution is 0.381. The lowest BCUT2D eigenvalue weighted by Gasteiger charge is -2.21. The zero-order chi connectivity index (χ0) is 15.8. The van der Waals surface area contributed by atoms with Crippen molar-refractivity contribution < 1.29 is 0 Å². The summed E-state index contributed by atoms with van der Waals surface area (Å²) >= 11 is 0. The monoisotopic (exact) mass is 292 g/mol. The quantitative estimate of drug-likeness (QED) is 0.905. The van der Waals surface area contributed by atoms with Gasteiger partial charge in [-0.3, -0.25) is 9.36 Å². The topological polar surface area (TPSA) is 68.0 Å². The predicted octanol–water partition coefficient (Wildman–Crippen LogP) is 0.858. The van der Waals surface area contributed by atoms with Crippen LogP contribution in [0, 0.1) is 0 Å². The van der Waals surface area contributed by atoms with E-state index < -0.39 is 0 Å². The van der Waals surface area contributed by atoms with Crippen molar-refractivity contribution in [2.75, 3.05) is 32.5 Å². The Hall–Kier alpha value is -1.89. The smallest absolute Gasteiger partial charge is 0.280 e. The SMILES string of the molecule is CN(C)CCNc1nc2ncn(C(C)(C)C)c(=O)c2n1C. The number of hydrogen-bond donors (Lipinski definition) is 1. The minimum atomic E-state index is -0.305. The van der Waals surface area contributed by atoms with Gasteiger partial charge < -0.3 is 14.8 Å². The first kappa shape index (κ1) is 15.5. The highest BCUT2D eigenvalue weighted by molar-refractivity contribution is 5.73. The van der Waals surface area contributed by atoms with Gasteiger partial charge in [0.05, 0.1) is 0 Å². The molecule has 7 nitrogen and oxygen atoms in total. The molecular weight excluding hydrogens is 268 g/mol. The number of anilines is 1. The molecule has 2 rings (SSSR count). The molecule has 0 aromatic carbocycles. The molecule has 1 N–H and O–H groups in total. The molecule has 0 unspecified atom stereocenters. The molecule has 0 amide bonds. The van der Waals surface area contributed by atoms with E-state index in [1.54, 1.807) is 15.5 Å². The van der Waals surface area contributed by atoms with E-state index in [1.807, 2.05) is 41.9 Å². The second kappa shape index (κ2) is 5.48. The molecule has 0 saturated carbocycles. The van der Waals surface area contributed by atoms with Crippen LogP contribution in [0.5, 0.6) is 0 Å². The van der Waals surface area contributed by atoms with Crippen LogP contribution in [0.25, 0.3) is 11.2 Å². The highest BCUT2D eigenvalue weighted by atomic mass is 16.1. The number of hydrogen-bond acceptors (Lipinski definition) is 5. The number of nitrogens with zero attached hydrogens (tertiary/aromatic N) is 5. The first-order valence-electron chi connectivity index (χ1n) is 7.05. The van der Waals surface area contributed by atoms with Gasteiger partial charge in [-0.2, -0.15) is 4.98 Å². The van der Waals surface area contributed by atoms with Crippen molar-refractivity contribution in [2.45, 2.75) is 26.3 Å². The second-order valence-electron chi connectivity index (χ2n) is 6.49. The maximum Gasteiger partial charge on any atom is 0.280 e. The van der Waals surface area contributed by atoms with Gasteiger partial charge in [-0.15, -0.1) is 0 Å². The molecule has 0 atom stereocenters. The molecule has 116 valence electrons. The summed E-state index contributed by atoms with van der Waals surface area (Å²) < 4.78 is 3.42. The van der Waals surface area contributed by atoms with E-state index in [2.05, 4.69) is 20.2 Å². The number of aromatic nitrogens is 4. The van der Waals surface area contributed by atoms with Gasteiger partial charge in [0.2, 0.25) is 5.95 Å². The molecule has 0 aliphatic carbocycles. The lowest BCUT2D eigenvalue weighted by atomic mass is 10.1. The summed E-state index contributed by atoms with van der Waals surface area (Å²) in [6.07, 6.45) is 1.57. The van der Waals surface area contributed by atoms with Crippen LogP contribution in [0.2, 0.25) is 0 Å². The molecular formula is C14H24N6O. The van der Waals surface area contributed by atoms with E-state index in [0.717, 1.165) is 13.1 Å². The van der Waals surface area contributed by atoms with Crippen molar-refractivity contribution in [1.29, 1.82) is 0 Å². The molecule has 0 aliphatic heterocycles. The Morgan fingerprint density at radius 2 is 2.00 bits per heavy atom. The Kier molecular flexibility index (Phi) is 4.04. The number of nitrogens with one attached hydrogen (secondary N) is 1. The van der Waals surface area contributed by atoms with E-state index in [9.17, 15) is 4.79 Å². The van der Waals surface area contributed by atoms with Crippen molar-refractivity contribution in [3.63, 3.8) is 0 Å². The van der Waals surface area contributed by atoms with Crippen molar-refractivity contribution in [1.82, 2.24) is 24.0 Å². The van der Waals surface area contributed by atoms with E-state index >= 15 is 0 Å². The minimum absolute atomic E-state index is 0.0665. The highest BCUT2D eigenvalue weighted by Crippen LogP contribution is 2.15. The third kappa shape index (κ3) is 3.07. The van der Waals surface area contributed by atoms with Gasteiger partial charge in [-0.25, -0.2) is 4.98 Å². The normalized spacial score (nSPS) is 12.3. The molecule has 0 radical (unpaired) electrons. The van der Waals surface area contributed by atoms with Crippen LogP contribution in [0.3, 0.4) is 0 Å². The molecule has 21 heavy (non-hydrogen) atoms. The average molecular weight is 292 g/mol. The van der Waals surface area contributed by atoms with Crippen LogP contribution in [0.15, 0.2) is 11.1 Å². The van der Waals surface area contributed by atoms with Gasteiger partial charge in [-0.1, -0.05) is 0 Å². The summed E-state index contributed by atoms with van der Waals surface area (Å²) in [4.78, 5) is 23.4. The van der Waals surface area contributed by atoms with Crippen LogP contribution in [-0.4, -0.2) is 51.2 Å². The van der Waals surface area contributed by atoms with E-state index in [0.29, 0.717) is 17.1 Å². The van der Waals surface area contributed by atoms with Gasteiger partial charge >= 0.3 is 0 Å². The highest BCUT2D eigenvalue weighted by Gasteiger charge is 2.20. The van der Waals surface area contributed by atoms with Crippen LogP contribution in [0.4, 0.5) is 5.95 Å². The summed E-state index contributed by atoms with van der Waals surface area (Å²) in [5.41, 5.74) is 0.638. The van der Waals surface area contributed by atoms with Crippen molar-refractivity contribution in [3.05, 3.63) is 16.7 Å². The van der Waals surface area contributed by atoms with E-state index in [-0.39, 0.29) is 11.1 Å². The zero-order valence-corrected chi connectivity index (χ0v) is 13.6. The first-order chi connectivity index (χ1) is 9.71. The predicted molar refractivity (Wildman–Crippen MR) is 84.8 cm³/mol. The zero-order valence-electron chi connectivity index (χ0n) is 13.6. The number of likely N-dealkylation sites (N-methyl/N-ethyl adjacent to an activating group) is 1. The fourth-order valence-corrected chi connectivity index (χ4v) is 2.12. The number of aryl methyl sites for hydroxylation is 1. The van der Waals surface area contributed by atoms with Crippen molar-refractivity contribution >= 4 is 17.1 Å². The molecule has 2 heterocycles. The molecule has 0 spiro atoms. The molecule has 2 aromatic rings. The summed E-state index contributed by atoms with van der Waals surface area (Å²) in [6.45, 7) is 7.60. The summed E-state index contributed by atoms with van der Waals surface area (Å²) in [5, 5.41) is 3.24. The summed E-state index contributed by atoms with van der Waals surface area (Å²) in [5.74, 6) is 0.670. The largest absolute Gasteiger partial charge is 0.354 e. The molecule has 0 aliphatic rings.